The summed E-state index contributed by atoms with van der Waals surface area (Å²) in [6.45, 7) is 1.80. The zero-order chi connectivity index (χ0) is 13.3. The molecular formula is C11H16N4O3. The van der Waals surface area contributed by atoms with Crippen LogP contribution in [0.2, 0.25) is 0 Å². The number of carboxylic acid groups (broad SMARTS) is 1. The number of carbonyl (C=O) groups is 2. The zero-order valence-electron chi connectivity index (χ0n) is 10.2. The Hall–Kier alpha value is -1.89. The van der Waals surface area contributed by atoms with Gasteiger partial charge in [0.2, 0.25) is 5.91 Å². The summed E-state index contributed by atoms with van der Waals surface area (Å²) in [5.74, 6) is -1.41. The Morgan fingerprint density at radius 2 is 2.33 bits per heavy atom. The van der Waals surface area contributed by atoms with E-state index in [2.05, 4.69) is 5.10 Å². The van der Waals surface area contributed by atoms with Crippen molar-refractivity contribution in [1.29, 1.82) is 0 Å². The largest absolute Gasteiger partial charge is 0.478 e. The molecule has 1 aromatic rings. The maximum Gasteiger partial charge on any atom is 0.339 e. The van der Waals surface area contributed by atoms with Gasteiger partial charge in [-0.15, -0.1) is 0 Å². The molecule has 1 atom stereocenters. The van der Waals surface area contributed by atoms with Crippen molar-refractivity contribution < 1.29 is 14.7 Å². The fourth-order valence-electron chi connectivity index (χ4n) is 2.25. The van der Waals surface area contributed by atoms with E-state index in [-0.39, 0.29) is 17.4 Å². The molecule has 2 heterocycles. The molecule has 1 unspecified atom stereocenters. The molecule has 0 saturated carbocycles. The van der Waals surface area contributed by atoms with Gasteiger partial charge >= 0.3 is 5.97 Å². The van der Waals surface area contributed by atoms with Crippen molar-refractivity contribution in [2.45, 2.75) is 13.0 Å². The van der Waals surface area contributed by atoms with E-state index in [1.54, 1.807) is 11.7 Å². The summed E-state index contributed by atoms with van der Waals surface area (Å²) in [5.41, 5.74) is 6.12. The number of amides is 1. The Balaban J connectivity index is 2.09. The lowest BCUT2D eigenvalue weighted by Crippen LogP contribution is -2.28. The van der Waals surface area contributed by atoms with E-state index >= 15 is 0 Å². The SMILES string of the molecule is Cn1ncc(C(=O)O)c1CN1CCC(C(N)=O)C1. The monoisotopic (exact) mass is 252 g/mol. The number of primary amides is 1. The predicted molar refractivity (Wildman–Crippen MR) is 62.7 cm³/mol. The normalized spacial score (nSPS) is 20.2. The highest BCUT2D eigenvalue weighted by atomic mass is 16.4. The highest BCUT2D eigenvalue weighted by Crippen LogP contribution is 2.19. The van der Waals surface area contributed by atoms with Crippen LogP contribution in [0.4, 0.5) is 0 Å². The molecule has 3 N–H and O–H groups in total. The van der Waals surface area contributed by atoms with Crippen molar-refractivity contribution in [1.82, 2.24) is 14.7 Å². The Labute approximate surface area is 104 Å². The molecule has 7 nitrogen and oxygen atoms in total. The number of carboxylic acids is 1. The number of aromatic nitrogens is 2. The highest BCUT2D eigenvalue weighted by molar-refractivity contribution is 5.88. The van der Waals surface area contributed by atoms with E-state index in [0.717, 1.165) is 13.0 Å². The van der Waals surface area contributed by atoms with Gasteiger partial charge in [0.05, 0.1) is 17.8 Å². The molecule has 0 bridgehead atoms. The van der Waals surface area contributed by atoms with Crippen LogP contribution in [-0.4, -0.2) is 44.8 Å². The highest BCUT2D eigenvalue weighted by Gasteiger charge is 2.28. The number of nitrogens with two attached hydrogens (primary N) is 1. The van der Waals surface area contributed by atoms with Crippen LogP contribution in [0.3, 0.4) is 0 Å². The molecule has 0 aliphatic carbocycles. The molecular weight excluding hydrogens is 236 g/mol. The summed E-state index contributed by atoms with van der Waals surface area (Å²) in [7, 11) is 1.71. The number of hydrogen-bond acceptors (Lipinski definition) is 4. The summed E-state index contributed by atoms with van der Waals surface area (Å²) in [6.07, 6.45) is 2.08. The van der Waals surface area contributed by atoms with E-state index in [9.17, 15) is 9.59 Å². The fraction of sp³-hybridized carbons (Fsp3) is 0.545. The van der Waals surface area contributed by atoms with Gasteiger partial charge in [-0.25, -0.2) is 4.79 Å². The quantitative estimate of drug-likeness (QED) is 0.747. The molecule has 18 heavy (non-hydrogen) atoms. The maximum absolute atomic E-state index is 11.1. The third-order valence-corrected chi connectivity index (χ3v) is 3.34. The van der Waals surface area contributed by atoms with Gasteiger partial charge in [-0.3, -0.25) is 14.4 Å². The maximum atomic E-state index is 11.1. The second kappa shape index (κ2) is 4.77. The Kier molecular flexibility index (Phi) is 3.33. The third kappa shape index (κ3) is 2.35. The lowest BCUT2D eigenvalue weighted by Gasteiger charge is -2.15. The third-order valence-electron chi connectivity index (χ3n) is 3.34. The van der Waals surface area contributed by atoms with Crippen molar-refractivity contribution in [3.8, 4) is 0 Å². The van der Waals surface area contributed by atoms with Crippen molar-refractivity contribution in [3.05, 3.63) is 17.5 Å². The van der Waals surface area contributed by atoms with Crippen molar-refractivity contribution >= 4 is 11.9 Å². The lowest BCUT2D eigenvalue weighted by molar-refractivity contribution is -0.121. The van der Waals surface area contributed by atoms with E-state index in [1.807, 2.05) is 4.90 Å². The molecule has 1 aromatic heterocycles. The van der Waals surface area contributed by atoms with Crippen molar-refractivity contribution in [2.24, 2.45) is 18.7 Å². The molecule has 1 aliphatic rings. The molecule has 0 aromatic carbocycles. The van der Waals surface area contributed by atoms with Gasteiger partial charge in [0.1, 0.15) is 5.56 Å². The van der Waals surface area contributed by atoms with Gasteiger partial charge in [0.15, 0.2) is 0 Å². The van der Waals surface area contributed by atoms with E-state index < -0.39 is 5.97 Å². The van der Waals surface area contributed by atoms with Gasteiger partial charge < -0.3 is 10.8 Å². The van der Waals surface area contributed by atoms with Gasteiger partial charge in [-0.1, -0.05) is 0 Å². The van der Waals surface area contributed by atoms with Crippen LogP contribution >= 0.6 is 0 Å². The first-order valence-electron chi connectivity index (χ1n) is 5.75. The molecule has 1 saturated heterocycles. The zero-order valence-corrected chi connectivity index (χ0v) is 10.2. The molecule has 0 spiro atoms. The number of rotatable bonds is 4. The Morgan fingerprint density at radius 1 is 1.61 bits per heavy atom. The first kappa shape index (κ1) is 12.6. The van der Waals surface area contributed by atoms with Gasteiger partial charge in [-0.05, 0) is 13.0 Å². The molecule has 1 amide bonds. The average molecular weight is 252 g/mol. The van der Waals surface area contributed by atoms with Crippen molar-refractivity contribution in [2.75, 3.05) is 13.1 Å². The molecule has 0 radical (unpaired) electrons. The fourth-order valence-corrected chi connectivity index (χ4v) is 2.25. The Morgan fingerprint density at radius 3 is 2.89 bits per heavy atom. The average Bonchev–Trinajstić information content (AvgIpc) is 2.88. The lowest BCUT2D eigenvalue weighted by atomic mass is 10.1. The number of nitrogens with zero attached hydrogens (tertiary/aromatic N) is 3. The molecule has 7 heteroatoms. The van der Waals surface area contributed by atoms with E-state index in [4.69, 9.17) is 10.8 Å². The van der Waals surface area contributed by atoms with E-state index in [1.165, 1.54) is 6.20 Å². The van der Waals surface area contributed by atoms with E-state index in [0.29, 0.717) is 18.8 Å². The minimum Gasteiger partial charge on any atom is -0.478 e. The molecule has 1 aliphatic heterocycles. The van der Waals surface area contributed by atoms with Gasteiger partial charge in [0, 0.05) is 20.1 Å². The van der Waals surface area contributed by atoms with Crippen LogP contribution in [0.5, 0.6) is 0 Å². The number of aromatic carboxylic acids is 1. The predicted octanol–water partition coefficient (Wildman–Crippen LogP) is -0.574. The summed E-state index contributed by atoms with van der Waals surface area (Å²) < 4.78 is 1.56. The van der Waals surface area contributed by atoms with Gasteiger partial charge in [-0.2, -0.15) is 5.10 Å². The Bertz CT molecular complexity index is 483. The van der Waals surface area contributed by atoms with Gasteiger partial charge in [0.25, 0.3) is 0 Å². The first-order chi connectivity index (χ1) is 8.49. The summed E-state index contributed by atoms with van der Waals surface area (Å²) in [4.78, 5) is 24.1. The smallest absolute Gasteiger partial charge is 0.339 e. The van der Waals surface area contributed by atoms with Crippen LogP contribution in [0, 0.1) is 5.92 Å². The van der Waals surface area contributed by atoms with Crippen LogP contribution in [0.25, 0.3) is 0 Å². The number of carbonyl (C=O) groups excluding carboxylic acids is 1. The molecule has 2 rings (SSSR count). The first-order valence-corrected chi connectivity index (χ1v) is 5.75. The molecule has 1 fully saturated rings. The van der Waals surface area contributed by atoms with Crippen LogP contribution in [0.15, 0.2) is 6.20 Å². The minimum absolute atomic E-state index is 0.133. The van der Waals surface area contributed by atoms with Crippen LogP contribution in [0.1, 0.15) is 22.5 Å². The standard InChI is InChI=1S/C11H16N4O3/c1-14-9(8(4-13-14)11(17)18)6-15-3-2-7(5-15)10(12)16/h4,7H,2-3,5-6H2,1H3,(H2,12,16)(H,17,18). The summed E-state index contributed by atoms with van der Waals surface area (Å²) in [5, 5.41) is 13.0. The van der Waals surface area contributed by atoms with Crippen LogP contribution in [-0.2, 0) is 18.4 Å². The number of likely N-dealkylation sites (tertiary alicyclic amines) is 1. The summed E-state index contributed by atoms with van der Waals surface area (Å²) in [6, 6.07) is 0. The molecule has 98 valence electrons. The number of aryl methyl sites for hydroxylation is 1. The second-order valence-electron chi connectivity index (χ2n) is 4.56. The summed E-state index contributed by atoms with van der Waals surface area (Å²) >= 11 is 0. The second-order valence-corrected chi connectivity index (χ2v) is 4.56. The van der Waals surface area contributed by atoms with Crippen LogP contribution < -0.4 is 5.73 Å². The topological polar surface area (TPSA) is 101 Å². The minimum atomic E-state index is -0.983. The van der Waals surface area contributed by atoms with Crippen molar-refractivity contribution in [3.63, 3.8) is 0 Å². The number of hydrogen-bond donors (Lipinski definition) is 2.